The molecule has 1 aliphatic heterocycles. The molecule has 0 amide bonds. The molecule has 3 nitrogen and oxygen atoms in total. The predicted octanol–water partition coefficient (Wildman–Crippen LogP) is -0.636. The Morgan fingerprint density at radius 3 is 2.89 bits per heavy atom. The van der Waals surface area contributed by atoms with Crippen LogP contribution in [-0.4, -0.2) is 25.2 Å². The standard InChI is InChI=1S/C6H9NO2/c8-4-5-1-2-7-3-6(5)9/h4-5,7H,1-3H2. The van der Waals surface area contributed by atoms with Gasteiger partial charge in [0.05, 0.1) is 12.5 Å². The fourth-order valence-corrected chi connectivity index (χ4v) is 0.905. The number of carbonyl (C=O) groups excluding carboxylic acids is 2. The number of piperidine rings is 1. The molecule has 0 aromatic heterocycles. The van der Waals surface area contributed by atoms with Crippen LogP contribution in [0.25, 0.3) is 0 Å². The lowest BCUT2D eigenvalue weighted by atomic mass is 9.99. The van der Waals surface area contributed by atoms with Crippen LogP contribution < -0.4 is 5.32 Å². The molecule has 1 rings (SSSR count). The molecular formula is C6H9NO2. The first-order valence-electron chi connectivity index (χ1n) is 3.03. The van der Waals surface area contributed by atoms with Gasteiger partial charge in [0.15, 0.2) is 5.78 Å². The molecule has 0 spiro atoms. The smallest absolute Gasteiger partial charge is 0.156 e. The van der Waals surface area contributed by atoms with Crippen molar-refractivity contribution in [3.63, 3.8) is 0 Å². The van der Waals surface area contributed by atoms with Crippen molar-refractivity contribution in [1.82, 2.24) is 5.32 Å². The highest BCUT2D eigenvalue weighted by Crippen LogP contribution is 2.03. The molecule has 0 aromatic rings. The van der Waals surface area contributed by atoms with Gasteiger partial charge in [-0.2, -0.15) is 0 Å². The third-order valence-corrected chi connectivity index (χ3v) is 1.51. The summed E-state index contributed by atoms with van der Waals surface area (Å²) in [5.74, 6) is -0.303. The molecule has 0 bridgehead atoms. The van der Waals surface area contributed by atoms with Crippen LogP contribution >= 0.6 is 0 Å². The minimum absolute atomic E-state index is 0.0243. The predicted molar refractivity (Wildman–Crippen MR) is 32.0 cm³/mol. The van der Waals surface area contributed by atoms with Gasteiger partial charge >= 0.3 is 0 Å². The SMILES string of the molecule is O=CC1CCNCC1=O. The summed E-state index contributed by atoms with van der Waals surface area (Å²) in [4.78, 5) is 20.9. The van der Waals surface area contributed by atoms with Crippen LogP contribution in [0.3, 0.4) is 0 Å². The molecule has 1 fully saturated rings. The average molecular weight is 127 g/mol. The van der Waals surface area contributed by atoms with Crippen molar-refractivity contribution in [1.29, 1.82) is 0 Å². The van der Waals surface area contributed by atoms with Crippen molar-refractivity contribution >= 4 is 12.1 Å². The Morgan fingerprint density at radius 1 is 1.67 bits per heavy atom. The fourth-order valence-electron chi connectivity index (χ4n) is 0.905. The van der Waals surface area contributed by atoms with E-state index in [9.17, 15) is 9.59 Å². The Balaban J connectivity index is 2.48. The van der Waals surface area contributed by atoms with Gasteiger partial charge < -0.3 is 10.1 Å². The summed E-state index contributed by atoms with van der Waals surface area (Å²) in [7, 11) is 0. The van der Waals surface area contributed by atoms with Gasteiger partial charge in [-0.1, -0.05) is 0 Å². The molecule has 3 heteroatoms. The van der Waals surface area contributed by atoms with Crippen LogP contribution in [0.2, 0.25) is 0 Å². The lowest BCUT2D eigenvalue weighted by Crippen LogP contribution is -2.37. The summed E-state index contributed by atoms with van der Waals surface area (Å²) in [5, 5.41) is 2.89. The monoisotopic (exact) mass is 127 g/mol. The van der Waals surface area contributed by atoms with Gasteiger partial charge in [0.2, 0.25) is 0 Å². The van der Waals surface area contributed by atoms with Gasteiger partial charge in [-0.15, -0.1) is 0 Å². The second-order valence-electron chi connectivity index (χ2n) is 2.17. The Bertz CT molecular complexity index is 133. The van der Waals surface area contributed by atoms with E-state index >= 15 is 0 Å². The molecule has 1 unspecified atom stereocenters. The minimum Gasteiger partial charge on any atom is -0.310 e. The van der Waals surface area contributed by atoms with Crippen molar-refractivity contribution in [2.24, 2.45) is 5.92 Å². The van der Waals surface area contributed by atoms with E-state index in [1.54, 1.807) is 0 Å². The lowest BCUT2D eigenvalue weighted by Gasteiger charge is -2.15. The molecule has 1 heterocycles. The van der Waals surface area contributed by atoms with Gasteiger partial charge in [-0.3, -0.25) is 4.79 Å². The van der Waals surface area contributed by atoms with Gasteiger partial charge in [-0.25, -0.2) is 0 Å². The van der Waals surface area contributed by atoms with Gasteiger partial charge in [0.1, 0.15) is 6.29 Å². The van der Waals surface area contributed by atoms with Crippen LogP contribution in [0.5, 0.6) is 0 Å². The van der Waals surface area contributed by atoms with E-state index in [4.69, 9.17) is 0 Å². The van der Waals surface area contributed by atoms with Crippen molar-refractivity contribution in [2.45, 2.75) is 6.42 Å². The normalized spacial score (nSPS) is 28.0. The zero-order valence-corrected chi connectivity index (χ0v) is 5.09. The number of hydrogen-bond acceptors (Lipinski definition) is 3. The molecule has 0 radical (unpaired) electrons. The van der Waals surface area contributed by atoms with Gasteiger partial charge in [0, 0.05) is 0 Å². The zero-order valence-electron chi connectivity index (χ0n) is 5.09. The first-order chi connectivity index (χ1) is 4.34. The molecule has 0 aliphatic carbocycles. The molecule has 50 valence electrons. The minimum atomic E-state index is -0.328. The van der Waals surface area contributed by atoms with Crippen LogP contribution in [0.4, 0.5) is 0 Å². The topological polar surface area (TPSA) is 46.2 Å². The highest BCUT2D eigenvalue weighted by atomic mass is 16.1. The number of ketones is 1. The Kier molecular flexibility index (Phi) is 1.95. The number of hydrogen-bond donors (Lipinski definition) is 1. The van der Waals surface area contributed by atoms with Crippen LogP contribution in [-0.2, 0) is 9.59 Å². The molecule has 1 aliphatic rings. The van der Waals surface area contributed by atoms with Crippen LogP contribution in [0.15, 0.2) is 0 Å². The fraction of sp³-hybridized carbons (Fsp3) is 0.667. The summed E-state index contributed by atoms with van der Waals surface area (Å²) >= 11 is 0. The summed E-state index contributed by atoms with van der Waals surface area (Å²) < 4.78 is 0. The van der Waals surface area contributed by atoms with E-state index < -0.39 is 0 Å². The van der Waals surface area contributed by atoms with E-state index in [0.29, 0.717) is 13.0 Å². The van der Waals surface area contributed by atoms with Crippen molar-refractivity contribution in [3.05, 3.63) is 0 Å². The molecule has 1 N–H and O–H groups in total. The average Bonchev–Trinajstić information content (AvgIpc) is 1.89. The molecule has 0 saturated carbocycles. The van der Waals surface area contributed by atoms with E-state index in [2.05, 4.69) is 5.32 Å². The third-order valence-electron chi connectivity index (χ3n) is 1.51. The zero-order chi connectivity index (χ0) is 6.69. The molecule has 1 atom stereocenters. The third kappa shape index (κ3) is 1.36. The highest BCUT2D eigenvalue weighted by molar-refractivity contribution is 5.95. The van der Waals surface area contributed by atoms with E-state index in [1.165, 1.54) is 0 Å². The number of rotatable bonds is 1. The van der Waals surface area contributed by atoms with Gasteiger partial charge in [-0.05, 0) is 13.0 Å². The molecular weight excluding hydrogens is 118 g/mol. The highest BCUT2D eigenvalue weighted by Gasteiger charge is 2.20. The Morgan fingerprint density at radius 2 is 2.44 bits per heavy atom. The quantitative estimate of drug-likeness (QED) is 0.376. The van der Waals surface area contributed by atoms with E-state index in [1.807, 2.05) is 0 Å². The molecule has 1 saturated heterocycles. The Labute approximate surface area is 53.4 Å². The number of aldehydes is 1. The molecule has 0 aromatic carbocycles. The second kappa shape index (κ2) is 2.73. The maximum atomic E-state index is 10.7. The van der Waals surface area contributed by atoms with Crippen LogP contribution in [0, 0.1) is 5.92 Å². The lowest BCUT2D eigenvalue weighted by molar-refractivity contribution is -0.128. The first kappa shape index (κ1) is 6.42. The van der Waals surface area contributed by atoms with Crippen molar-refractivity contribution < 1.29 is 9.59 Å². The van der Waals surface area contributed by atoms with Gasteiger partial charge in [0.25, 0.3) is 0 Å². The summed E-state index contributed by atoms with van der Waals surface area (Å²) in [5.41, 5.74) is 0. The van der Waals surface area contributed by atoms with E-state index in [-0.39, 0.29) is 11.7 Å². The second-order valence-corrected chi connectivity index (χ2v) is 2.17. The maximum Gasteiger partial charge on any atom is 0.156 e. The summed E-state index contributed by atoms with van der Waals surface area (Å²) in [6.07, 6.45) is 1.41. The molecule has 9 heavy (non-hydrogen) atoms. The Hall–Kier alpha value is -0.700. The largest absolute Gasteiger partial charge is 0.310 e. The summed E-state index contributed by atoms with van der Waals surface area (Å²) in [6, 6.07) is 0. The van der Waals surface area contributed by atoms with E-state index in [0.717, 1.165) is 12.8 Å². The maximum absolute atomic E-state index is 10.7. The summed E-state index contributed by atoms with van der Waals surface area (Å²) in [6.45, 7) is 1.15. The number of nitrogens with one attached hydrogen (secondary N) is 1. The number of Topliss-reactive ketones (excluding diaryl/α,β-unsaturated/α-hetero) is 1. The first-order valence-corrected chi connectivity index (χ1v) is 3.03. The van der Waals surface area contributed by atoms with Crippen molar-refractivity contribution in [2.75, 3.05) is 13.1 Å². The van der Waals surface area contributed by atoms with Crippen LogP contribution in [0.1, 0.15) is 6.42 Å². The van der Waals surface area contributed by atoms with Crippen molar-refractivity contribution in [3.8, 4) is 0 Å². The number of carbonyl (C=O) groups is 2.